The summed E-state index contributed by atoms with van der Waals surface area (Å²) in [6.07, 6.45) is 1.51. The van der Waals surface area contributed by atoms with Crippen LogP contribution >= 0.6 is 11.6 Å². The van der Waals surface area contributed by atoms with Crippen LogP contribution in [-0.4, -0.2) is 19.3 Å². The molecule has 1 heterocycles. The number of halogens is 1. The Morgan fingerprint density at radius 2 is 1.71 bits per heavy atom. The van der Waals surface area contributed by atoms with Crippen molar-refractivity contribution in [2.75, 3.05) is 0 Å². The van der Waals surface area contributed by atoms with Gasteiger partial charge in [0.25, 0.3) is 0 Å². The van der Waals surface area contributed by atoms with Crippen LogP contribution in [-0.2, 0) is 20.6 Å². The van der Waals surface area contributed by atoms with Gasteiger partial charge in [-0.05, 0) is 36.2 Å². The van der Waals surface area contributed by atoms with E-state index >= 15 is 0 Å². The normalized spacial score (nSPS) is 12.4. The van der Waals surface area contributed by atoms with Gasteiger partial charge in [-0.25, -0.2) is 8.42 Å². The van der Waals surface area contributed by atoms with E-state index in [1.54, 1.807) is 37.3 Å². The van der Waals surface area contributed by atoms with Crippen LogP contribution in [0, 0.1) is 0 Å². The monoisotopic (exact) mass is 414 g/mol. The molecule has 0 bridgehead atoms. The maximum absolute atomic E-state index is 12.4. The number of nitrogens with one attached hydrogen (secondary N) is 1. The van der Waals surface area contributed by atoms with Crippen molar-refractivity contribution in [3.63, 3.8) is 0 Å². The molecule has 1 unspecified atom stereocenters. The molecule has 0 aliphatic rings. The van der Waals surface area contributed by atoms with Gasteiger partial charge in [0.15, 0.2) is 0 Å². The van der Waals surface area contributed by atoms with Crippen LogP contribution in [0.4, 0.5) is 0 Å². The molecule has 144 valence electrons. The van der Waals surface area contributed by atoms with Crippen molar-refractivity contribution in [2.24, 2.45) is 0 Å². The van der Waals surface area contributed by atoms with Gasteiger partial charge in [0.05, 0.1) is 11.6 Å². The fourth-order valence-electron chi connectivity index (χ4n) is 2.75. The molecule has 1 aromatic heterocycles. The first-order valence-electron chi connectivity index (χ1n) is 8.65. The van der Waals surface area contributed by atoms with Gasteiger partial charge in [-0.15, -0.1) is 0 Å². The Morgan fingerprint density at radius 3 is 2.36 bits per heavy atom. The van der Waals surface area contributed by atoms with Crippen LogP contribution < -0.4 is 4.72 Å². The quantitative estimate of drug-likeness (QED) is 0.657. The molecule has 1 atom stereocenters. The number of rotatable bonds is 6. The summed E-state index contributed by atoms with van der Waals surface area (Å²) in [6, 6.07) is 19.8. The lowest BCUT2D eigenvalue weighted by Gasteiger charge is -2.14. The number of carbonyl (C=O) groups excluding carboxylic acids is 1. The van der Waals surface area contributed by atoms with Crippen LogP contribution in [0.1, 0.15) is 24.1 Å². The summed E-state index contributed by atoms with van der Waals surface area (Å²) in [5.41, 5.74) is 2.90. The lowest BCUT2D eigenvalue weighted by molar-refractivity contribution is -0.120. The number of hydrogen-bond donors (Lipinski definition) is 1. The molecule has 1 N–H and O–H groups in total. The molecule has 0 aliphatic carbocycles. The third-order valence-electron chi connectivity index (χ3n) is 4.31. The van der Waals surface area contributed by atoms with Crippen molar-refractivity contribution in [3.8, 4) is 11.1 Å². The molecule has 0 radical (unpaired) electrons. The highest BCUT2D eigenvalue weighted by atomic mass is 35.5. The predicted molar refractivity (Wildman–Crippen MR) is 110 cm³/mol. The zero-order valence-electron chi connectivity index (χ0n) is 15.2. The van der Waals surface area contributed by atoms with Gasteiger partial charge < -0.3 is 0 Å². The van der Waals surface area contributed by atoms with Crippen molar-refractivity contribution in [1.29, 1.82) is 0 Å². The van der Waals surface area contributed by atoms with Gasteiger partial charge in [-0.2, -0.15) is 0 Å². The zero-order chi connectivity index (χ0) is 20.1. The Hall–Kier alpha value is -2.70. The Bertz CT molecular complexity index is 1070. The minimum absolute atomic E-state index is 0.349. The van der Waals surface area contributed by atoms with Crippen LogP contribution in [0.15, 0.2) is 72.9 Å². The van der Waals surface area contributed by atoms with E-state index in [2.05, 4.69) is 9.71 Å². The molecule has 3 aromatic rings. The SMILES string of the molecule is CC(C(=O)NS(=O)(=O)Cc1ccccn1)c1ccc(-c2ccccc2Cl)cc1. The molecule has 0 saturated carbocycles. The van der Waals surface area contributed by atoms with Crippen molar-refractivity contribution >= 4 is 27.5 Å². The minimum Gasteiger partial charge on any atom is -0.273 e. The van der Waals surface area contributed by atoms with Crippen LogP contribution in [0.5, 0.6) is 0 Å². The molecule has 0 fully saturated rings. The lowest BCUT2D eigenvalue weighted by Crippen LogP contribution is -2.34. The minimum atomic E-state index is -3.82. The summed E-state index contributed by atoms with van der Waals surface area (Å²) in [6.45, 7) is 1.66. The van der Waals surface area contributed by atoms with Gasteiger partial charge in [-0.3, -0.25) is 14.5 Å². The zero-order valence-corrected chi connectivity index (χ0v) is 16.7. The summed E-state index contributed by atoms with van der Waals surface area (Å²) < 4.78 is 26.6. The number of carbonyl (C=O) groups is 1. The van der Waals surface area contributed by atoms with Crippen molar-refractivity contribution in [3.05, 3.63) is 89.2 Å². The molecule has 1 amide bonds. The average Bonchev–Trinajstić information content (AvgIpc) is 2.68. The molecule has 0 spiro atoms. The van der Waals surface area contributed by atoms with Crippen molar-refractivity contribution in [2.45, 2.75) is 18.6 Å². The second-order valence-electron chi connectivity index (χ2n) is 6.37. The van der Waals surface area contributed by atoms with Gasteiger partial charge in [0.1, 0.15) is 5.75 Å². The van der Waals surface area contributed by atoms with Crippen molar-refractivity contribution < 1.29 is 13.2 Å². The predicted octanol–water partition coefficient (Wildman–Crippen LogP) is 4.15. The Balaban J connectivity index is 1.70. The van der Waals surface area contributed by atoms with Gasteiger partial charge in [0, 0.05) is 16.8 Å². The molecular formula is C21H19ClN2O3S. The summed E-state index contributed by atoms with van der Waals surface area (Å²) in [4.78, 5) is 16.4. The second-order valence-corrected chi connectivity index (χ2v) is 8.50. The number of benzene rings is 2. The maximum Gasteiger partial charge on any atom is 0.240 e. The Labute approximate surface area is 169 Å². The fraction of sp³-hybridized carbons (Fsp3) is 0.143. The Kier molecular flexibility index (Phi) is 6.11. The third kappa shape index (κ3) is 4.97. The van der Waals surface area contributed by atoms with E-state index in [-0.39, 0.29) is 5.75 Å². The Morgan fingerprint density at radius 1 is 1.04 bits per heavy atom. The van der Waals surface area contributed by atoms with E-state index in [4.69, 9.17) is 11.6 Å². The van der Waals surface area contributed by atoms with Crippen LogP contribution in [0.25, 0.3) is 11.1 Å². The molecule has 0 saturated heterocycles. The summed E-state index contributed by atoms with van der Waals surface area (Å²) in [7, 11) is -3.82. The first kappa shape index (κ1) is 20.0. The number of aromatic nitrogens is 1. The van der Waals surface area contributed by atoms with E-state index in [9.17, 15) is 13.2 Å². The van der Waals surface area contributed by atoms with Crippen LogP contribution in [0.3, 0.4) is 0 Å². The summed E-state index contributed by atoms with van der Waals surface area (Å²) >= 11 is 6.21. The fourth-order valence-corrected chi connectivity index (χ4v) is 4.11. The molecule has 5 nitrogen and oxygen atoms in total. The lowest BCUT2D eigenvalue weighted by atomic mass is 9.97. The van der Waals surface area contributed by atoms with Crippen molar-refractivity contribution in [1.82, 2.24) is 9.71 Å². The highest BCUT2D eigenvalue weighted by molar-refractivity contribution is 7.89. The molecule has 0 aliphatic heterocycles. The smallest absolute Gasteiger partial charge is 0.240 e. The largest absolute Gasteiger partial charge is 0.273 e. The van der Waals surface area contributed by atoms with Gasteiger partial charge in [0.2, 0.25) is 15.9 Å². The van der Waals surface area contributed by atoms with Gasteiger partial charge >= 0.3 is 0 Å². The van der Waals surface area contributed by atoms with E-state index in [0.717, 1.165) is 11.1 Å². The first-order chi connectivity index (χ1) is 13.4. The van der Waals surface area contributed by atoms with E-state index in [1.165, 1.54) is 6.20 Å². The topological polar surface area (TPSA) is 76.1 Å². The summed E-state index contributed by atoms with van der Waals surface area (Å²) in [5, 5.41) is 0.640. The number of amides is 1. The maximum atomic E-state index is 12.4. The average molecular weight is 415 g/mol. The second kappa shape index (κ2) is 8.54. The number of hydrogen-bond acceptors (Lipinski definition) is 4. The summed E-state index contributed by atoms with van der Waals surface area (Å²) in [5.74, 6) is -1.56. The molecule has 7 heteroatoms. The highest BCUT2D eigenvalue weighted by Gasteiger charge is 2.22. The van der Waals surface area contributed by atoms with E-state index in [0.29, 0.717) is 16.3 Å². The molecular weight excluding hydrogens is 396 g/mol. The first-order valence-corrected chi connectivity index (χ1v) is 10.7. The van der Waals surface area contributed by atoms with Gasteiger partial charge in [-0.1, -0.05) is 60.1 Å². The van der Waals surface area contributed by atoms with E-state index < -0.39 is 21.8 Å². The molecule has 3 rings (SSSR count). The molecule has 2 aromatic carbocycles. The highest BCUT2D eigenvalue weighted by Crippen LogP contribution is 2.28. The van der Waals surface area contributed by atoms with E-state index in [1.807, 2.05) is 36.4 Å². The van der Waals surface area contributed by atoms with Crippen LogP contribution in [0.2, 0.25) is 5.02 Å². The molecule has 28 heavy (non-hydrogen) atoms. The standard InChI is InChI=1S/C21H19ClN2O3S/c1-15(21(25)24-28(26,27)14-18-6-4-5-13-23-18)16-9-11-17(12-10-16)19-7-2-3-8-20(19)22/h2-13,15H,14H2,1H3,(H,24,25). The number of pyridine rings is 1. The number of sulfonamides is 1. The number of nitrogens with zero attached hydrogens (tertiary/aromatic N) is 1. The third-order valence-corrected chi connectivity index (χ3v) is 5.83.